The van der Waals surface area contributed by atoms with Crippen LogP contribution in [0.1, 0.15) is 43.5 Å². The monoisotopic (exact) mass is 287 g/mol. The van der Waals surface area contributed by atoms with Crippen LogP contribution >= 0.6 is 0 Å². The number of hydrogen-bond acceptors (Lipinski definition) is 3. The molecule has 1 aliphatic rings. The van der Waals surface area contributed by atoms with Crippen molar-refractivity contribution in [2.75, 3.05) is 13.2 Å². The van der Waals surface area contributed by atoms with Crippen molar-refractivity contribution in [3.63, 3.8) is 0 Å². The number of pyridine rings is 1. The number of aromatic nitrogens is 2. The molecule has 0 aromatic carbocycles. The first-order valence-corrected chi connectivity index (χ1v) is 8.09. The lowest BCUT2D eigenvalue weighted by molar-refractivity contribution is 0.0302. The minimum absolute atomic E-state index is 0.498. The number of aryl methyl sites for hydroxylation is 1. The molecule has 4 nitrogen and oxygen atoms in total. The molecule has 0 amide bonds. The summed E-state index contributed by atoms with van der Waals surface area (Å²) < 4.78 is 8.09. The van der Waals surface area contributed by atoms with Gasteiger partial charge < -0.3 is 14.5 Å². The number of ether oxygens (including phenoxy) is 1. The Kier molecular flexibility index (Phi) is 4.88. The van der Waals surface area contributed by atoms with Crippen LogP contribution in [0.2, 0.25) is 0 Å². The van der Waals surface area contributed by atoms with E-state index in [0.717, 1.165) is 31.0 Å². The van der Waals surface area contributed by atoms with Crippen molar-refractivity contribution in [1.82, 2.24) is 14.7 Å². The molecule has 3 rings (SSSR count). The van der Waals surface area contributed by atoms with Gasteiger partial charge in [-0.25, -0.2) is 4.98 Å². The van der Waals surface area contributed by atoms with Crippen molar-refractivity contribution in [2.45, 2.75) is 51.7 Å². The van der Waals surface area contributed by atoms with Gasteiger partial charge in [0.25, 0.3) is 0 Å². The Balaban J connectivity index is 1.45. The summed E-state index contributed by atoms with van der Waals surface area (Å²) in [6.45, 7) is 4.62. The van der Waals surface area contributed by atoms with Crippen molar-refractivity contribution < 1.29 is 4.74 Å². The molecule has 2 aromatic heterocycles. The maximum absolute atomic E-state index is 5.94. The van der Waals surface area contributed by atoms with Gasteiger partial charge in [0.2, 0.25) is 0 Å². The molecule has 0 saturated heterocycles. The van der Waals surface area contributed by atoms with Crippen LogP contribution < -0.4 is 5.32 Å². The normalized spacial score (nSPS) is 16.6. The Morgan fingerprint density at radius 2 is 2.14 bits per heavy atom. The van der Waals surface area contributed by atoms with E-state index in [2.05, 4.69) is 27.8 Å². The lowest BCUT2D eigenvalue weighted by atomic mass is 9.98. The third kappa shape index (κ3) is 3.63. The van der Waals surface area contributed by atoms with Crippen LogP contribution in [0.5, 0.6) is 0 Å². The van der Waals surface area contributed by atoms with Crippen LogP contribution in [-0.2, 0) is 11.3 Å². The summed E-state index contributed by atoms with van der Waals surface area (Å²) in [6, 6.07) is 6.11. The summed E-state index contributed by atoms with van der Waals surface area (Å²) in [6.07, 6.45) is 9.10. The summed E-state index contributed by atoms with van der Waals surface area (Å²) in [5.74, 6) is 0. The highest BCUT2D eigenvalue weighted by molar-refractivity contribution is 5.42. The van der Waals surface area contributed by atoms with E-state index >= 15 is 0 Å². The molecule has 1 N–H and O–H groups in total. The molecular formula is C17H25N3O. The summed E-state index contributed by atoms with van der Waals surface area (Å²) in [5, 5.41) is 3.47. The number of nitrogens with zero attached hydrogens (tertiary/aromatic N) is 2. The molecule has 1 aliphatic carbocycles. The molecule has 4 heteroatoms. The second kappa shape index (κ2) is 7.05. The zero-order chi connectivity index (χ0) is 14.5. The van der Waals surface area contributed by atoms with Crippen LogP contribution in [0.15, 0.2) is 24.4 Å². The van der Waals surface area contributed by atoms with Gasteiger partial charge in [0, 0.05) is 19.3 Å². The Morgan fingerprint density at radius 1 is 1.29 bits per heavy atom. The lowest BCUT2D eigenvalue weighted by Crippen LogP contribution is -2.24. The molecule has 2 aromatic rings. The molecule has 1 fully saturated rings. The molecule has 0 bridgehead atoms. The zero-order valence-electron chi connectivity index (χ0n) is 12.8. The quantitative estimate of drug-likeness (QED) is 0.830. The molecular weight excluding hydrogens is 262 g/mol. The summed E-state index contributed by atoms with van der Waals surface area (Å²) in [4.78, 5) is 4.58. The number of nitrogens with one attached hydrogen (secondary N) is 1. The Hall–Kier alpha value is -1.39. The fourth-order valence-corrected chi connectivity index (χ4v) is 3.11. The van der Waals surface area contributed by atoms with E-state index in [-0.39, 0.29) is 0 Å². The van der Waals surface area contributed by atoms with Gasteiger partial charge in [0.15, 0.2) is 0 Å². The zero-order valence-corrected chi connectivity index (χ0v) is 12.8. The van der Waals surface area contributed by atoms with Gasteiger partial charge in [0.1, 0.15) is 5.65 Å². The fourth-order valence-electron chi connectivity index (χ4n) is 3.11. The largest absolute Gasteiger partial charge is 0.377 e. The number of rotatable bonds is 6. The SMILES string of the molecule is Cc1nc2ccccn2c1CNCCOC1CCCCC1. The van der Waals surface area contributed by atoms with Crippen molar-refractivity contribution >= 4 is 5.65 Å². The summed E-state index contributed by atoms with van der Waals surface area (Å²) in [7, 11) is 0. The average molecular weight is 287 g/mol. The first-order chi connectivity index (χ1) is 10.3. The van der Waals surface area contributed by atoms with E-state index in [1.807, 2.05) is 18.2 Å². The van der Waals surface area contributed by atoms with Gasteiger partial charge in [0.05, 0.1) is 24.1 Å². The highest BCUT2D eigenvalue weighted by Crippen LogP contribution is 2.19. The molecule has 0 radical (unpaired) electrons. The van der Waals surface area contributed by atoms with Gasteiger partial charge in [-0.1, -0.05) is 25.3 Å². The van der Waals surface area contributed by atoms with Crippen molar-refractivity contribution in [3.05, 3.63) is 35.8 Å². The Morgan fingerprint density at radius 3 is 3.00 bits per heavy atom. The molecule has 114 valence electrons. The van der Waals surface area contributed by atoms with Crippen LogP contribution in [0, 0.1) is 6.92 Å². The van der Waals surface area contributed by atoms with Gasteiger partial charge in [-0.2, -0.15) is 0 Å². The van der Waals surface area contributed by atoms with E-state index < -0.39 is 0 Å². The minimum Gasteiger partial charge on any atom is -0.377 e. The molecule has 0 spiro atoms. The number of hydrogen-bond donors (Lipinski definition) is 1. The second-order valence-corrected chi connectivity index (χ2v) is 5.88. The highest BCUT2D eigenvalue weighted by Gasteiger charge is 2.13. The van der Waals surface area contributed by atoms with Crippen molar-refractivity contribution in [2.24, 2.45) is 0 Å². The molecule has 2 heterocycles. The highest BCUT2D eigenvalue weighted by atomic mass is 16.5. The summed E-state index contributed by atoms with van der Waals surface area (Å²) >= 11 is 0. The van der Waals surface area contributed by atoms with E-state index in [9.17, 15) is 0 Å². The maximum Gasteiger partial charge on any atom is 0.137 e. The maximum atomic E-state index is 5.94. The molecule has 0 atom stereocenters. The number of imidazole rings is 1. The second-order valence-electron chi connectivity index (χ2n) is 5.88. The third-order valence-electron chi connectivity index (χ3n) is 4.31. The number of fused-ring (bicyclic) bond motifs is 1. The van der Waals surface area contributed by atoms with Crippen LogP contribution in [0.25, 0.3) is 5.65 Å². The van der Waals surface area contributed by atoms with Crippen LogP contribution in [0.3, 0.4) is 0 Å². The Labute approximate surface area is 126 Å². The summed E-state index contributed by atoms with van der Waals surface area (Å²) in [5.41, 5.74) is 3.36. The van der Waals surface area contributed by atoms with Gasteiger partial charge in [-0.3, -0.25) is 0 Å². The van der Waals surface area contributed by atoms with Gasteiger partial charge in [-0.05, 0) is 31.9 Å². The fraction of sp³-hybridized carbons (Fsp3) is 0.588. The standard InChI is InChI=1S/C17H25N3O/c1-14-16(20-11-6-5-9-17(20)19-14)13-18-10-12-21-15-7-3-2-4-8-15/h5-6,9,11,15,18H,2-4,7-8,10,12-13H2,1H3. The van der Waals surface area contributed by atoms with Crippen molar-refractivity contribution in [1.29, 1.82) is 0 Å². The topological polar surface area (TPSA) is 38.6 Å². The predicted molar refractivity (Wildman–Crippen MR) is 84.5 cm³/mol. The van der Waals surface area contributed by atoms with Crippen molar-refractivity contribution in [3.8, 4) is 0 Å². The molecule has 0 unspecified atom stereocenters. The van der Waals surface area contributed by atoms with E-state index in [4.69, 9.17) is 4.74 Å². The van der Waals surface area contributed by atoms with E-state index in [1.165, 1.54) is 37.8 Å². The first kappa shape index (κ1) is 14.5. The third-order valence-corrected chi connectivity index (χ3v) is 4.31. The van der Waals surface area contributed by atoms with E-state index in [1.54, 1.807) is 0 Å². The first-order valence-electron chi connectivity index (χ1n) is 8.09. The van der Waals surface area contributed by atoms with Gasteiger partial charge in [-0.15, -0.1) is 0 Å². The lowest BCUT2D eigenvalue weighted by Gasteiger charge is -2.22. The molecule has 1 saturated carbocycles. The van der Waals surface area contributed by atoms with Crippen LogP contribution in [0.4, 0.5) is 0 Å². The smallest absolute Gasteiger partial charge is 0.137 e. The Bertz CT molecular complexity index is 572. The predicted octanol–water partition coefficient (Wildman–Crippen LogP) is 3.08. The molecule has 0 aliphatic heterocycles. The molecule has 21 heavy (non-hydrogen) atoms. The minimum atomic E-state index is 0.498. The average Bonchev–Trinajstić information content (AvgIpc) is 2.84. The van der Waals surface area contributed by atoms with E-state index in [0.29, 0.717) is 6.10 Å². The van der Waals surface area contributed by atoms with Gasteiger partial charge >= 0.3 is 0 Å². The van der Waals surface area contributed by atoms with Crippen LogP contribution in [-0.4, -0.2) is 28.6 Å².